The molecule has 1 aromatic carbocycles. The van der Waals surface area contributed by atoms with E-state index in [0.29, 0.717) is 22.4 Å². The Morgan fingerprint density at radius 1 is 1.25 bits per heavy atom. The Balaban J connectivity index is 2.28. The van der Waals surface area contributed by atoms with E-state index in [-0.39, 0.29) is 17.2 Å². The fourth-order valence-electron chi connectivity index (χ4n) is 2.12. The largest absolute Gasteiger partial charge is 0.508 e. The molecule has 3 rings (SSSR count). The number of H-pyrrole nitrogens is 2. The first-order chi connectivity index (χ1) is 9.56. The molecule has 6 heteroatoms. The van der Waals surface area contributed by atoms with Crippen LogP contribution < -0.4 is 5.56 Å². The normalized spacial score (nSPS) is 11.3. The Hall–Kier alpha value is -2.63. The van der Waals surface area contributed by atoms with Crippen molar-refractivity contribution in [2.45, 2.75) is 19.8 Å². The molecule has 0 fully saturated rings. The fraction of sp³-hybridized carbons (Fsp3) is 0.214. The van der Waals surface area contributed by atoms with Crippen LogP contribution >= 0.6 is 0 Å². The molecule has 0 aliphatic carbocycles. The van der Waals surface area contributed by atoms with Gasteiger partial charge in [-0.1, -0.05) is 26.0 Å². The van der Waals surface area contributed by atoms with Gasteiger partial charge in [-0.3, -0.25) is 9.89 Å². The Bertz CT molecular complexity index is 833. The molecule has 0 spiro atoms. The Morgan fingerprint density at radius 3 is 2.75 bits per heavy atom. The standard InChI is InChI=1S/C14H14N4O2/c1-7(2)10-11-12(18-17-10)14(20)16-13(15-11)8-4-3-5-9(19)6-8/h3-7,19H,1-2H3,(H,17,18)(H,15,16,20). The van der Waals surface area contributed by atoms with Gasteiger partial charge in [0.05, 0.1) is 5.69 Å². The molecule has 0 aliphatic rings. The Kier molecular flexibility index (Phi) is 2.78. The van der Waals surface area contributed by atoms with Gasteiger partial charge in [-0.2, -0.15) is 5.10 Å². The number of hydrogen-bond acceptors (Lipinski definition) is 4. The first-order valence-corrected chi connectivity index (χ1v) is 6.34. The van der Waals surface area contributed by atoms with Crippen molar-refractivity contribution in [3.8, 4) is 17.1 Å². The number of phenolic OH excluding ortho intramolecular Hbond substituents is 1. The van der Waals surface area contributed by atoms with E-state index < -0.39 is 0 Å². The minimum Gasteiger partial charge on any atom is -0.508 e. The maximum Gasteiger partial charge on any atom is 0.279 e. The molecular formula is C14H14N4O2. The van der Waals surface area contributed by atoms with E-state index >= 15 is 0 Å². The zero-order chi connectivity index (χ0) is 14.3. The summed E-state index contributed by atoms with van der Waals surface area (Å²) in [5, 5.41) is 16.4. The van der Waals surface area contributed by atoms with Crippen LogP contribution in [-0.2, 0) is 0 Å². The van der Waals surface area contributed by atoms with Crippen LogP contribution in [0.1, 0.15) is 25.5 Å². The van der Waals surface area contributed by atoms with Crippen LogP contribution in [0.2, 0.25) is 0 Å². The number of aromatic hydroxyl groups is 1. The van der Waals surface area contributed by atoms with E-state index in [1.165, 1.54) is 0 Å². The lowest BCUT2D eigenvalue weighted by Gasteiger charge is -2.04. The second kappa shape index (κ2) is 4.48. The zero-order valence-corrected chi connectivity index (χ0v) is 11.1. The summed E-state index contributed by atoms with van der Waals surface area (Å²) in [6.45, 7) is 4.01. The first-order valence-electron chi connectivity index (χ1n) is 6.34. The van der Waals surface area contributed by atoms with Gasteiger partial charge in [0.25, 0.3) is 5.56 Å². The molecule has 3 N–H and O–H groups in total. The molecule has 0 saturated carbocycles. The van der Waals surface area contributed by atoms with Gasteiger partial charge in [0, 0.05) is 5.56 Å². The quantitative estimate of drug-likeness (QED) is 0.665. The smallest absolute Gasteiger partial charge is 0.279 e. The number of aromatic amines is 2. The van der Waals surface area contributed by atoms with Gasteiger partial charge in [0.1, 0.15) is 17.1 Å². The van der Waals surface area contributed by atoms with Crippen molar-refractivity contribution in [2.75, 3.05) is 0 Å². The third-order valence-corrected chi connectivity index (χ3v) is 3.14. The van der Waals surface area contributed by atoms with Crippen LogP contribution in [0.15, 0.2) is 29.1 Å². The van der Waals surface area contributed by atoms with Crippen molar-refractivity contribution >= 4 is 11.0 Å². The summed E-state index contributed by atoms with van der Waals surface area (Å²) in [7, 11) is 0. The third-order valence-electron chi connectivity index (χ3n) is 3.14. The summed E-state index contributed by atoms with van der Waals surface area (Å²) >= 11 is 0. The van der Waals surface area contributed by atoms with Crippen LogP contribution in [-0.4, -0.2) is 25.3 Å². The van der Waals surface area contributed by atoms with E-state index in [1.807, 2.05) is 13.8 Å². The highest BCUT2D eigenvalue weighted by atomic mass is 16.3. The Labute approximate surface area is 114 Å². The molecule has 0 bridgehead atoms. The topological polar surface area (TPSA) is 94.7 Å². The van der Waals surface area contributed by atoms with Crippen molar-refractivity contribution in [2.24, 2.45) is 0 Å². The third kappa shape index (κ3) is 1.95. The molecule has 20 heavy (non-hydrogen) atoms. The van der Waals surface area contributed by atoms with Crippen molar-refractivity contribution in [1.82, 2.24) is 20.2 Å². The molecule has 102 valence electrons. The summed E-state index contributed by atoms with van der Waals surface area (Å²) in [6.07, 6.45) is 0. The van der Waals surface area contributed by atoms with Crippen molar-refractivity contribution in [3.05, 3.63) is 40.3 Å². The lowest BCUT2D eigenvalue weighted by molar-refractivity contribution is 0.475. The molecule has 0 amide bonds. The van der Waals surface area contributed by atoms with Crippen molar-refractivity contribution < 1.29 is 5.11 Å². The predicted molar refractivity (Wildman–Crippen MR) is 75.7 cm³/mol. The minimum absolute atomic E-state index is 0.126. The summed E-state index contributed by atoms with van der Waals surface area (Å²) < 4.78 is 0. The zero-order valence-electron chi connectivity index (χ0n) is 11.1. The maximum absolute atomic E-state index is 12.1. The average molecular weight is 270 g/mol. The van der Waals surface area contributed by atoms with Gasteiger partial charge < -0.3 is 10.1 Å². The molecule has 0 radical (unpaired) electrons. The molecule has 0 aliphatic heterocycles. The van der Waals surface area contributed by atoms with Crippen molar-refractivity contribution in [3.63, 3.8) is 0 Å². The van der Waals surface area contributed by atoms with Crippen molar-refractivity contribution in [1.29, 1.82) is 0 Å². The SMILES string of the molecule is CC(C)c1[nH]nc2c(=O)[nH]c(-c3cccc(O)c3)nc12. The number of aromatic nitrogens is 4. The van der Waals surface area contributed by atoms with Gasteiger partial charge in [0.2, 0.25) is 0 Å². The molecule has 0 saturated heterocycles. The molecular weight excluding hydrogens is 256 g/mol. The second-order valence-electron chi connectivity index (χ2n) is 4.95. The lowest BCUT2D eigenvalue weighted by atomic mass is 10.1. The summed E-state index contributed by atoms with van der Waals surface area (Å²) in [6, 6.07) is 6.60. The van der Waals surface area contributed by atoms with E-state index in [2.05, 4.69) is 20.2 Å². The van der Waals surface area contributed by atoms with E-state index in [1.54, 1.807) is 24.3 Å². The predicted octanol–water partition coefficient (Wildman–Crippen LogP) is 2.14. The van der Waals surface area contributed by atoms with Gasteiger partial charge in [0.15, 0.2) is 5.52 Å². The van der Waals surface area contributed by atoms with Gasteiger partial charge in [-0.05, 0) is 18.1 Å². The number of benzene rings is 1. The minimum atomic E-state index is -0.295. The number of fused-ring (bicyclic) bond motifs is 1. The van der Waals surface area contributed by atoms with Crippen LogP contribution in [0, 0.1) is 0 Å². The number of rotatable bonds is 2. The molecule has 2 heterocycles. The molecule has 2 aromatic heterocycles. The maximum atomic E-state index is 12.1. The lowest BCUT2D eigenvalue weighted by Crippen LogP contribution is -2.09. The van der Waals surface area contributed by atoms with E-state index in [0.717, 1.165) is 5.69 Å². The second-order valence-corrected chi connectivity index (χ2v) is 4.95. The van der Waals surface area contributed by atoms with Gasteiger partial charge >= 0.3 is 0 Å². The first kappa shape index (κ1) is 12.4. The van der Waals surface area contributed by atoms with Crippen LogP contribution in [0.25, 0.3) is 22.4 Å². The number of nitrogens with one attached hydrogen (secondary N) is 2. The monoisotopic (exact) mass is 270 g/mol. The molecule has 6 nitrogen and oxygen atoms in total. The molecule has 0 unspecified atom stereocenters. The average Bonchev–Trinajstić information content (AvgIpc) is 2.83. The Morgan fingerprint density at radius 2 is 2.05 bits per heavy atom. The van der Waals surface area contributed by atoms with Crippen LogP contribution in [0.5, 0.6) is 5.75 Å². The summed E-state index contributed by atoms with van der Waals surface area (Å²) in [4.78, 5) is 19.2. The highest BCUT2D eigenvalue weighted by Gasteiger charge is 2.15. The number of nitrogens with zero attached hydrogens (tertiary/aromatic N) is 2. The van der Waals surface area contributed by atoms with Crippen LogP contribution in [0.3, 0.4) is 0 Å². The molecule has 3 aromatic rings. The summed E-state index contributed by atoms with van der Waals surface area (Å²) in [5.74, 6) is 0.731. The van der Waals surface area contributed by atoms with Crippen LogP contribution in [0.4, 0.5) is 0 Å². The number of hydrogen-bond donors (Lipinski definition) is 3. The van der Waals surface area contributed by atoms with E-state index in [9.17, 15) is 9.90 Å². The van der Waals surface area contributed by atoms with Gasteiger partial charge in [-0.25, -0.2) is 4.98 Å². The highest BCUT2D eigenvalue weighted by molar-refractivity contribution is 5.78. The van der Waals surface area contributed by atoms with Gasteiger partial charge in [-0.15, -0.1) is 0 Å². The van der Waals surface area contributed by atoms with E-state index in [4.69, 9.17) is 0 Å². The fourth-order valence-corrected chi connectivity index (χ4v) is 2.12. The number of phenols is 1. The highest BCUT2D eigenvalue weighted by Crippen LogP contribution is 2.23. The summed E-state index contributed by atoms with van der Waals surface area (Å²) in [5.41, 5.74) is 2.06. The molecule has 0 atom stereocenters.